The molecule has 0 saturated carbocycles. The van der Waals surface area contributed by atoms with Gasteiger partial charge in [-0.05, 0) is 35.5 Å². The molecule has 0 aliphatic carbocycles. The molecule has 0 aliphatic rings. The Hall–Kier alpha value is -2.01. The second-order valence-electron chi connectivity index (χ2n) is 3.77. The lowest BCUT2D eigenvalue weighted by Gasteiger charge is -2.12. The Kier molecular flexibility index (Phi) is 3.84. The second-order valence-corrected chi connectivity index (χ2v) is 4.33. The summed E-state index contributed by atoms with van der Waals surface area (Å²) in [6.07, 6.45) is 1.88. The molecular formula is C13H12NO3S-. The number of aromatic nitrogens is 1. The molecule has 0 bridgehead atoms. The average Bonchev–Trinajstić information content (AvgIpc) is 2.40. The zero-order valence-corrected chi connectivity index (χ0v) is 10.6. The molecule has 0 amide bonds. The number of rotatable bonds is 3. The van der Waals surface area contributed by atoms with Crippen LogP contribution in [0.5, 0.6) is 5.75 Å². The highest BCUT2D eigenvalue weighted by Gasteiger charge is 2.00. The van der Waals surface area contributed by atoms with Crippen LogP contribution >= 0.6 is 0 Å². The molecule has 0 N–H and O–H groups in total. The second kappa shape index (κ2) is 5.55. The lowest BCUT2D eigenvalue weighted by molar-refractivity contribution is 0.414. The molecule has 2 aromatic rings. The van der Waals surface area contributed by atoms with Crippen molar-refractivity contribution >= 4 is 11.3 Å². The highest BCUT2D eigenvalue weighted by Crippen LogP contribution is 2.15. The number of hydrogen-bond acceptors (Lipinski definition) is 3. The van der Waals surface area contributed by atoms with E-state index in [0.717, 1.165) is 16.9 Å². The van der Waals surface area contributed by atoms with Crippen LogP contribution < -0.4 is 4.74 Å². The Morgan fingerprint density at radius 2 is 2.00 bits per heavy atom. The fourth-order valence-electron chi connectivity index (χ4n) is 1.71. The van der Waals surface area contributed by atoms with Crippen molar-refractivity contribution in [3.8, 4) is 5.75 Å². The molecule has 0 aliphatic heterocycles. The summed E-state index contributed by atoms with van der Waals surface area (Å²) in [4.78, 5) is 0. The maximum absolute atomic E-state index is 11.4. The summed E-state index contributed by atoms with van der Waals surface area (Å²) < 4.78 is 16.8. The maximum atomic E-state index is 11.4. The molecule has 0 atom stereocenters. The van der Waals surface area contributed by atoms with Gasteiger partial charge >= 0.3 is 0 Å². The molecule has 0 unspecified atom stereocenters. The van der Waals surface area contributed by atoms with Gasteiger partial charge in [-0.25, -0.2) is 4.21 Å². The van der Waals surface area contributed by atoms with E-state index in [1.807, 2.05) is 24.3 Å². The van der Waals surface area contributed by atoms with E-state index in [-0.39, 0.29) is 15.9 Å². The minimum atomic E-state index is 0.202. The number of methoxy groups -OCH3 is 1. The van der Waals surface area contributed by atoms with E-state index in [9.17, 15) is 9.42 Å². The summed E-state index contributed by atoms with van der Waals surface area (Å²) >= 11 is 0.225. The SMILES string of the molecule is COc1ccc(Cc2cccn([O-])c2=S=O)cc1. The molecule has 1 aromatic heterocycles. The van der Waals surface area contributed by atoms with Gasteiger partial charge in [0.05, 0.1) is 7.11 Å². The van der Waals surface area contributed by atoms with Gasteiger partial charge in [0.15, 0.2) is 0 Å². The summed E-state index contributed by atoms with van der Waals surface area (Å²) in [5.74, 6) is 0.782. The smallest absolute Gasteiger partial charge is 0.135 e. The fourth-order valence-corrected chi connectivity index (χ4v) is 2.09. The van der Waals surface area contributed by atoms with Crippen molar-refractivity contribution in [2.75, 3.05) is 7.11 Å². The fraction of sp³-hybridized carbons (Fsp3) is 0.154. The number of hydrogen-bond donors (Lipinski definition) is 0. The van der Waals surface area contributed by atoms with E-state index in [2.05, 4.69) is 0 Å². The van der Waals surface area contributed by atoms with Crippen LogP contribution in [0.2, 0.25) is 0 Å². The monoisotopic (exact) mass is 262 g/mol. The topological polar surface area (TPSA) is 54.3 Å². The average molecular weight is 262 g/mol. The van der Waals surface area contributed by atoms with E-state index in [0.29, 0.717) is 11.2 Å². The van der Waals surface area contributed by atoms with Crippen LogP contribution in [0.4, 0.5) is 0 Å². The molecule has 18 heavy (non-hydrogen) atoms. The van der Waals surface area contributed by atoms with Crippen molar-refractivity contribution in [3.05, 3.63) is 63.6 Å². The van der Waals surface area contributed by atoms with Crippen LogP contribution in [0.25, 0.3) is 0 Å². The van der Waals surface area contributed by atoms with Gasteiger partial charge in [0.1, 0.15) is 21.6 Å². The third-order valence-corrected chi connectivity index (χ3v) is 3.23. The molecule has 0 saturated heterocycles. The van der Waals surface area contributed by atoms with Crippen LogP contribution in [-0.2, 0) is 17.7 Å². The number of ether oxygens (including phenoxy) is 1. The van der Waals surface area contributed by atoms with E-state index >= 15 is 0 Å². The van der Waals surface area contributed by atoms with Crippen molar-refractivity contribution in [1.29, 1.82) is 0 Å². The van der Waals surface area contributed by atoms with Crippen LogP contribution in [0.15, 0.2) is 42.6 Å². The minimum absolute atomic E-state index is 0.202. The lowest BCUT2D eigenvalue weighted by atomic mass is 10.1. The number of nitrogens with zero attached hydrogens (tertiary/aromatic N) is 1. The Morgan fingerprint density at radius 1 is 1.28 bits per heavy atom. The Bertz CT molecular complexity index is 627. The van der Waals surface area contributed by atoms with Crippen LogP contribution in [0.3, 0.4) is 0 Å². The molecule has 1 heterocycles. The first-order chi connectivity index (χ1) is 8.74. The lowest BCUT2D eigenvalue weighted by Crippen LogP contribution is -1.98. The van der Waals surface area contributed by atoms with Crippen LogP contribution in [0.1, 0.15) is 11.1 Å². The van der Waals surface area contributed by atoms with Gasteiger partial charge in [-0.15, -0.1) is 0 Å². The zero-order valence-electron chi connectivity index (χ0n) is 9.83. The van der Waals surface area contributed by atoms with Gasteiger partial charge in [0.2, 0.25) is 0 Å². The maximum Gasteiger partial charge on any atom is 0.135 e. The Morgan fingerprint density at radius 3 is 2.61 bits per heavy atom. The van der Waals surface area contributed by atoms with Gasteiger partial charge in [0, 0.05) is 6.42 Å². The largest absolute Gasteiger partial charge is 0.805 e. The normalized spacial score (nSPS) is 10.1. The highest BCUT2D eigenvalue weighted by atomic mass is 32.1. The van der Waals surface area contributed by atoms with E-state index in [1.165, 1.54) is 6.20 Å². The highest BCUT2D eigenvalue weighted by molar-refractivity contribution is 7.56. The van der Waals surface area contributed by atoms with Crippen molar-refractivity contribution < 1.29 is 8.95 Å². The summed E-state index contributed by atoms with van der Waals surface area (Å²) in [7, 11) is 1.61. The van der Waals surface area contributed by atoms with Crippen molar-refractivity contribution in [3.63, 3.8) is 0 Å². The predicted octanol–water partition coefficient (Wildman–Crippen LogP) is 2.18. The van der Waals surface area contributed by atoms with Crippen molar-refractivity contribution in [2.24, 2.45) is 0 Å². The summed E-state index contributed by atoms with van der Waals surface area (Å²) in [6, 6.07) is 11.0. The number of pyridine rings is 1. The molecule has 5 heteroatoms. The summed E-state index contributed by atoms with van der Waals surface area (Å²) in [5.41, 5.74) is 1.76. The van der Waals surface area contributed by atoms with Crippen LogP contribution in [-0.4, -0.2) is 16.0 Å². The molecular weight excluding hydrogens is 250 g/mol. The quantitative estimate of drug-likeness (QED) is 0.797. The van der Waals surface area contributed by atoms with Crippen molar-refractivity contribution in [2.45, 2.75) is 6.42 Å². The van der Waals surface area contributed by atoms with Crippen molar-refractivity contribution in [1.82, 2.24) is 4.73 Å². The Balaban J connectivity index is 2.34. The first kappa shape index (κ1) is 12.4. The summed E-state index contributed by atoms with van der Waals surface area (Å²) in [6.45, 7) is 0. The van der Waals surface area contributed by atoms with Crippen LogP contribution in [0, 0.1) is 9.85 Å². The zero-order chi connectivity index (χ0) is 13.0. The van der Waals surface area contributed by atoms with Gasteiger partial charge in [-0.3, -0.25) is 0 Å². The van der Waals surface area contributed by atoms with E-state index in [1.54, 1.807) is 19.2 Å². The third kappa shape index (κ3) is 2.62. The predicted molar refractivity (Wildman–Crippen MR) is 70.4 cm³/mol. The van der Waals surface area contributed by atoms with Gasteiger partial charge in [0.25, 0.3) is 0 Å². The van der Waals surface area contributed by atoms with Gasteiger partial charge in [-0.1, -0.05) is 18.2 Å². The Labute approximate surface area is 108 Å². The summed E-state index contributed by atoms with van der Waals surface area (Å²) in [5, 5.41) is 11.4. The molecule has 0 spiro atoms. The molecule has 0 fully saturated rings. The molecule has 1 aromatic carbocycles. The standard InChI is InChI=1S/C13H12NO3S/c1-17-12-6-4-10(5-7-12)9-11-3-2-8-14(15)13(11)18-16/h2-8H,9H2,1H3/q-1. The third-order valence-electron chi connectivity index (χ3n) is 2.63. The minimum Gasteiger partial charge on any atom is -0.805 e. The first-order valence-corrected chi connectivity index (χ1v) is 6.12. The first-order valence-electron chi connectivity index (χ1n) is 5.38. The van der Waals surface area contributed by atoms with E-state index in [4.69, 9.17) is 4.74 Å². The van der Waals surface area contributed by atoms with Gasteiger partial charge < -0.3 is 14.7 Å². The number of benzene rings is 1. The molecule has 4 nitrogen and oxygen atoms in total. The van der Waals surface area contributed by atoms with Gasteiger partial charge in [-0.2, -0.15) is 0 Å². The molecule has 2 rings (SSSR count). The molecule has 94 valence electrons. The van der Waals surface area contributed by atoms with E-state index < -0.39 is 0 Å². The molecule has 0 radical (unpaired) electrons.